The first-order chi connectivity index (χ1) is 11.6. The van der Waals surface area contributed by atoms with Gasteiger partial charge >= 0.3 is 5.97 Å². The Hall–Kier alpha value is -2.70. The average molecular weight is 333 g/mol. The van der Waals surface area contributed by atoms with E-state index in [-0.39, 0.29) is 24.3 Å². The van der Waals surface area contributed by atoms with Crippen molar-refractivity contribution in [2.75, 3.05) is 6.54 Å². The van der Waals surface area contributed by atoms with Gasteiger partial charge in [-0.3, -0.25) is 9.59 Å². The van der Waals surface area contributed by atoms with Crippen molar-refractivity contribution in [2.45, 2.75) is 31.7 Å². The van der Waals surface area contributed by atoms with Gasteiger partial charge in [-0.15, -0.1) is 0 Å². The van der Waals surface area contributed by atoms with Gasteiger partial charge in [0.05, 0.1) is 12.7 Å². The van der Waals surface area contributed by atoms with Crippen LogP contribution >= 0.6 is 0 Å². The Bertz CT molecular complexity index is 673. The summed E-state index contributed by atoms with van der Waals surface area (Å²) in [5.74, 6) is -2.51. The van der Waals surface area contributed by atoms with Crippen molar-refractivity contribution in [3.05, 3.63) is 54.4 Å². The predicted molar refractivity (Wildman–Crippen MR) is 85.9 cm³/mol. The number of nitrogens with one attached hydrogen (secondary N) is 1. The van der Waals surface area contributed by atoms with Crippen molar-refractivity contribution >= 4 is 11.9 Å². The molecule has 0 spiro atoms. The quantitative estimate of drug-likeness (QED) is 0.689. The smallest absolute Gasteiger partial charge is 0.303 e. The van der Waals surface area contributed by atoms with Gasteiger partial charge in [-0.05, 0) is 18.1 Å². The van der Waals surface area contributed by atoms with E-state index in [2.05, 4.69) is 10.3 Å². The molecule has 0 radical (unpaired) electrons. The van der Waals surface area contributed by atoms with Crippen LogP contribution in [0, 0.1) is 5.82 Å². The Morgan fingerprint density at radius 3 is 2.75 bits per heavy atom. The van der Waals surface area contributed by atoms with E-state index in [0.717, 1.165) is 13.0 Å². The molecule has 128 valence electrons. The lowest BCUT2D eigenvalue weighted by atomic mass is 9.91. The number of aliphatic carboxylic acids is 1. The number of carbonyl (C=O) groups is 2. The van der Waals surface area contributed by atoms with E-state index in [4.69, 9.17) is 5.11 Å². The minimum Gasteiger partial charge on any atom is -0.481 e. The van der Waals surface area contributed by atoms with Gasteiger partial charge in [-0.25, -0.2) is 9.37 Å². The molecular weight excluding hydrogens is 313 g/mol. The number of hydrogen-bond acceptors (Lipinski definition) is 3. The van der Waals surface area contributed by atoms with Gasteiger partial charge in [0.15, 0.2) is 0 Å². The Morgan fingerprint density at radius 2 is 2.08 bits per heavy atom. The van der Waals surface area contributed by atoms with Gasteiger partial charge in [0, 0.05) is 37.8 Å². The lowest BCUT2D eigenvalue weighted by Crippen LogP contribution is -2.27. The number of nitrogens with zero attached hydrogens (tertiary/aromatic N) is 2. The summed E-state index contributed by atoms with van der Waals surface area (Å²) < 4.78 is 15.8. The molecule has 1 aromatic carbocycles. The van der Waals surface area contributed by atoms with Gasteiger partial charge in [0.1, 0.15) is 5.82 Å². The number of carboxylic acid groups (broad SMARTS) is 1. The number of carboxylic acids is 1. The first kappa shape index (κ1) is 17.7. The lowest BCUT2D eigenvalue weighted by molar-refractivity contribution is -0.137. The number of hydrogen-bond donors (Lipinski definition) is 2. The number of rotatable bonds is 9. The van der Waals surface area contributed by atoms with Crippen LogP contribution in [0.2, 0.25) is 0 Å². The first-order valence-electron chi connectivity index (χ1n) is 7.75. The molecule has 2 rings (SSSR count). The number of amides is 1. The second-order valence-electron chi connectivity index (χ2n) is 5.52. The van der Waals surface area contributed by atoms with Crippen LogP contribution in [0.15, 0.2) is 43.0 Å². The molecular formula is C17H20FN3O3. The van der Waals surface area contributed by atoms with Gasteiger partial charge in [0.25, 0.3) is 0 Å². The molecule has 0 aliphatic heterocycles. The minimum absolute atomic E-state index is 0.0572. The summed E-state index contributed by atoms with van der Waals surface area (Å²) >= 11 is 0. The van der Waals surface area contributed by atoms with Crippen molar-refractivity contribution in [1.29, 1.82) is 0 Å². The summed E-state index contributed by atoms with van der Waals surface area (Å²) in [6.07, 6.45) is 5.60. The maximum absolute atomic E-state index is 13.9. The number of aromatic nitrogens is 2. The molecule has 0 fully saturated rings. The Balaban J connectivity index is 1.85. The van der Waals surface area contributed by atoms with Gasteiger partial charge in [-0.2, -0.15) is 0 Å². The van der Waals surface area contributed by atoms with E-state index in [1.54, 1.807) is 18.6 Å². The molecule has 0 aliphatic rings. The van der Waals surface area contributed by atoms with Crippen LogP contribution in [0.1, 0.15) is 30.7 Å². The summed E-state index contributed by atoms with van der Waals surface area (Å²) in [6, 6.07) is 5.96. The molecule has 1 unspecified atom stereocenters. The van der Waals surface area contributed by atoms with Crippen molar-refractivity contribution < 1.29 is 19.1 Å². The normalized spacial score (nSPS) is 11.9. The zero-order valence-corrected chi connectivity index (χ0v) is 13.2. The maximum Gasteiger partial charge on any atom is 0.303 e. The molecule has 0 saturated heterocycles. The van der Waals surface area contributed by atoms with E-state index < -0.39 is 17.7 Å². The highest BCUT2D eigenvalue weighted by Crippen LogP contribution is 2.25. The summed E-state index contributed by atoms with van der Waals surface area (Å²) in [5, 5.41) is 11.8. The highest BCUT2D eigenvalue weighted by Gasteiger charge is 2.21. The summed E-state index contributed by atoms with van der Waals surface area (Å²) in [5.41, 5.74) is 0.258. The highest BCUT2D eigenvalue weighted by atomic mass is 19.1. The lowest BCUT2D eigenvalue weighted by Gasteiger charge is -2.16. The third kappa shape index (κ3) is 5.49. The maximum atomic E-state index is 13.9. The predicted octanol–water partition coefficient (Wildman–Crippen LogP) is 2.18. The van der Waals surface area contributed by atoms with Gasteiger partial charge in [-0.1, -0.05) is 18.2 Å². The van der Waals surface area contributed by atoms with Crippen molar-refractivity contribution in [3.8, 4) is 0 Å². The fourth-order valence-corrected chi connectivity index (χ4v) is 2.51. The molecule has 7 heteroatoms. The standard InChI is InChI=1S/C17H20FN3O3/c18-15-5-2-1-4-14(15)13(11-17(23)24)10-16(22)20-6-3-8-21-9-7-19-12-21/h1-2,4-5,7,9,12-13H,3,6,8,10-11H2,(H,20,22)(H,23,24). The molecule has 2 aromatic rings. The molecule has 1 atom stereocenters. The number of halogens is 1. The monoisotopic (exact) mass is 333 g/mol. The highest BCUT2D eigenvalue weighted by molar-refractivity contribution is 5.78. The van der Waals surface area contributed by atoms with Crippen LogP contribution in [-0.4, -0.2) is 33.1 Å². The summed E-state index contributed by atoms with van der Waals surface area (Å²) in [6.45, 7) is 1.19. The topological polar surface area (TPSA) is 84.2 Å². The summed E-state index contributed by atoms with van der Waals surface area (Å²) in [7, 11) is 0. The summed E-state index contributed by atoms with van der Waals surface area (Å²) in [4.78, 5) is 27.0. The first-order valence-corrected chi connectivity index (χ1v) is 7.75. The number of benzene rings is 1. The van der Waals surface area contributed by atoms with Gasteiger partial charge in [0.2, 0.25) is 5.91 Å². The largest absolute Gasteiger partial charge is 0.481 e. The van der Waals surface area contributed by atoms with E-state index in [9.17, 15) is 14.0 Å². The molecule has 24 heavy (non-hydrogen) atoms. The number of aryl methyl sites for hydroxylation is 1. The molecule has 6 nitrogen and oxygen atoms in total. The van der Waals surface area contributed by atoms with Crippen LogP contribution < -0.4 is 5.32 Å². The van der Waals surface area contributed by atoms with Crippen LogP contribution in [0.5, 0.6) is 0 Å². The Labute approximate surface area is 139 Å². The molecule has 1 amide bonds. The zero-order chi connectivity index (χ0) is 17.4. The van der Waals surface area contributed by atoms with Crippen molar-refractivity contribution in [2.24, 2.45) is 0 Å². The number of carbonyl (C=O) groups excluding carboxylic acids is 1. The second kappa shape index (κ2) is 8.81. The molecule has 0 aliphatic carbocycles. The fraction of sp³-hybridized carbons (Fsp3) is 0.353. The third-order valence-corrected chi connectivity index (χ3v) is 3.67. The minimum atomic E-state index is -1.06. The van der Waals surface area contributed by atoms with E-state index in [0.29, 0.717) is 6.54 Å². The average Bonchev–Trinajstić information content (AvgIpc) is 3.04. The molecule has 0 bridgehead atoms. The fourth-order valence-electron chi connectivity index (χ4n) is 2.51. The Morgan fingerprint density at radius 1 is 1.29 bits per heavy atom. The van der Waals surface area contributed by atoms with Crippen LogP contribution in [-0.2, 0) is 16.1 Å². The third-order valence-electron chi connectivity index (χ3n) is 3.67. The van der Waals surface area contributed by atoms with Gasteiger partial charge < -0.3 is 15.0 Å². The SMILES string of the molecule is O=C(O)CC(CC(=O)NCCCn1ccnc1)c1ccccc1F. The zero-order valence-electron chi connectivity index (χ0n) is 13.2. The van der Waals surface area contributed by atoms with E-state index >= 15 is 0 Å². The van der Waals surface area contributed by atoms with E-state index in [1.807, 2.05) is 10.8 Å². The second-order valence-corrected chi connectivity index (χ2v) is 5.52. The molecule has 1 aromatic heterocycles. The molecule has 0 saturated carbocycles. The van der Waals surface area contributed by atoms with Crippen molar-refractivity contribution in [3.63, 3.8) is 0 Å². The molecule has 1 heterocycles. The van der Waals surface area contributed by atoms with Crippen LogP contribution in [0.4, 0.5) is 4.39 Å². The van der Waals surface area contributed by atoms with Crippen LogP contribution in [0.25, 0.3) is 0 Å². The van der Waals surface area contributed by atoms with E-state index in [1.165, 1.54) is 18.2 Å². The van der Waals surface area contributed by atoms with Crippen molar-refractivity contribution in [1.82, 2.24) is 14.9 Å². The number of imidazole rings is 1. The Kier molecular flexibility index (Phi) is 6.48. The molecule has 2 N–H and O–H groups in total. The van der Waals surface area contributed by atoms with Crippen LogP contribution in [0.3, 0.4) is 0 Å².